The van der Waals surface area contributed by atoms with E-state index in [-0.39, 0.29) is 6.61 Å². The maximum Gasteiger partial charge on any atom is 0.101 e. The fourth-order valence-corrected chi connectivity index (χ4v) is 2.99. The zero-order valence-corrected chi connectivity index (χ0v) is 14.2. The second-order valence-electron chi connectivity index (χ2n) is 5.84. The molecule has 0 aliphatic carbocycles. The Bertz CT molecular complexity index is 524. The summed E-state index contributed by atoms with van der Waals surface area (Å²) in [5.74, 6) is 0. The van der Waals surface area contributed by atoms with Crippen LogP contribution in [-0.4, -0.2) is 67.3 Å². The maximum absolute atomic E-state index is 9.08. The van der Waals surface area contributed by atoms with Crippen LogP contribution in [0.1, 0.15) is 18.4 Å². The highest BCUT2D eigenvalue weighted by atomic mass is 35.5. The minimum Gasteiger partial charge on any atom is -0.395 e. The van der Waals surface area contributed by atoms with E-state index in [0.29, 0.717) is 10.6 Å². The SMILES string of the molecule is N#Cc1ccc(Cl)cc1NCCCCN1CCN(CCO)CC1. The number of hydrogen-bond donors (Lipinski definition) is 2. The highest BCUT2D eigenvalue weighted by Crippen LogP contribution is 2.20. The summed E-state index contributed by atoms with van der Waals surface area (Å²) in [5.41, 5.74) is 1.45. The fourth-order valence-electron chi connectivity index (χ4n) is 2.82. The lowest BCUT2D eigenvalue weighted by atomic mass is 10.2. The Morgan fingerprint density at radius 2 is 1.83 bits per heavy atom. The van der Waals surface area contributed by atoms with Gasteiger partial charge < -0.3 is 15.3 Å². The monoisotopic (exact) mass is 336 g/mol. The number of β-amino-alcohol motifs (C(OH)–C–C–N with tert-alkyl or cyclic N) is 1. The summed E-state index contributed by atoms with van der Waals surface area (Å²) in [6.07, 6.45) is 2.20. The number of halogens is 1. The van der Waals surface area contributed by atoms with E-state index in [0.717, 1.165) is 64.3 Å². The Labute approximate surface area is 143 Å². The van der Waals surface area contributed by atoms with Crippen LogP contribution < -0.4 is 5.32 Å². The van der Waals surface area contributed by atoms with Crippen molar-refractivity contribution in [3.05, 3.63) is 28.8 Å². The maximum atomic E-state index is 9.08. The third-order valence-corrected chi connectivity index (χ3v) is 4.43. The lowest BCUT2D eigenvalue weighted by Crippen LogP contribution is -2.47. The number of hydrogen-bond acceptors (Lipinski definition) is 5. The molecule has 6 heteroatoms. The molecule has 1 aromatic carbocycles. The summed E-state index contributed by atoms with van der Waals surface area (Å²) in [5, 5.41) is 22.0. The van der Waals surface area contributed by atoms with E-state index < -0.39 is 0 Å². The average Bonchev–Trinajstić information content (AvgIpc) is 2.56. The van der Waals surface area contributed by atoms with Gasteiger partial charge in [0.15, 0.2) is 0 Å². The van der Waals surface area contributed by atoms with E-state index in [1.807, 2.05) is 0 Å². The Morgan fingerprint density at radius 1 is 1.13 bits per heavy atom. The van der Waals surface area contributed by atoms with Crippen LogP contribution in [0.15, 0.2) is 18.2 Å². The predicted octanol–water partition coefficient (Wildman–Crippen LogP) is 2.01. The van der Waals surface area contributed by atoms with Gasteiger partial charge in [-0.2, -0.15) is 5.26 Å². The highest BCUT2D eigenvalue weighted by molar-refractivity contribution is 6.30. The van der Waals surface area contributed by atoms with Crippen molar-refractivity contribution in [2.24, 2.45) is 0 Å². The quantitative estimate of drug-likeness (QED) is 0.711. The number of nitrogens with zero attached hydrogens (tertiary/aromatic N) is 3. The molecule has 0 radical (unpaired) electrons. The average molecular weight is 337 g/mol. The summed E-state index contributed by atoms with van der Waals surface area (Å²) in [6.45, 7) is 7.26. The molecule has 2 rings (SSSR count). The molecule has 1 heterocycles. The molecule has 1 fully saturated rings. The number of anilines is 1. The molecule has 0 amide bonds. The first-order chi connectivity index (χ1) is 11.2. The van der Waals surface area contributed by atoms with Gasteiger partial charge in [0.1, 0.15) is 6.07 Å². The van der Waals surface area contributed by atoms with Crippen LogP contribution in [0.25, 0.3) is 0 Å². The van der Waals surface area contributed by atoms with Crippen LogP contribution in [-0.2, 0) is 0 Å². The molecule has 0 unspecified atom stereocenters. The number of nitriles is 1. The number of rotatable bonds is 8. The number of benzene rings is 1. The second-order valence-corrected chi connectivity index (χ2v) is 6.28. The number of aliphatic hydroxyl groups is 1. The fraction of sp³-hybridized carbons (Fsp3) is 0.588. The molecule has 0 saturated carbocycles. The van der Waals surface area contributed by atoms with E-state index in [2.05, 4.69) is 21.2 Å². The number of nitrogens with one attached hydrogen (secondary N) is 1. The first-order valence-electron chi connectivity index (χ1n) is 8.22. The van der Waals surface area contributed by atoms with Crippen LogP contribution in [0, 0.1) is 11.3 Å². The lowest BCUT2D eigenvalue weighted by Gasteiger charge is -2.34. The van der Waals surface area contributed by atoms with Crippen molar-refractivity contribution in [3.8, 4) is 6.07 Å². The van der Waals surface area contributed by atoms with E-state index in [1.54, 1.807) is 18.2 Å². The van der Waals surface area contributed by atoms with Gasteiger partial charge in [-0.3, -0.25) is 4.90 Å². The van der Waals surface area contributed by atoms with Gasteiger partial charge in [0.2, 0.25) is 0 Å². The molecule has 0 bridgehead atoms. The minimum absolute atomic E-state index is 0.250. The van der Waals surface area contributed by atoms with Gasteiger partial charge in [-0.1, -0.05) is 11.6 Å². The zero-order valence-electron chi connectivity index (χ0n) is 13.5. The van der Waals surface area contributed by atoms with E-state index >= 15 is 0 Å². The van der Waals surface area contributed by atoms with E-state index in [1.165, 1.54) is 0 Å². The van der Waals surface area contributed by atoms with Gasteiger partial charge in [-0.15, -0.1) is 0 Å². The molecule has 0 aromatic heterocycles. The molecule has 0 spiro atoms. The van der Waals surface area contributed by atoms with Gasteiger partial charge >= 0.3 is 0 Å². The number of piperazine rings is 1. The third kappa shape index (κ3) is 6.00. The topological polar surface area (TPSA) is 62.5 Å². The Hall–Kier alpha value is -1.32. The van der Waals surface area contributed by atoms with E-state index in [9.17, 15) is 0 Å². The highest BCUT2D eigenvalue weighted by Gasteiger charge is 2.15. The van der Waals surface area contributed by atoms with Crippen LogP contribution in [0.3, 0.4) is 0 Å². The van der Waals surface area contributed by atoms with Crippen molar-refractivity contribution in [2.75, 3.05) is 57.7 Å². The molecule has 23 heavy (non-hydrogen) atoms. The van der Waals surface area contributed by atoms with Crippen molar-refractivity contribution in [1.82, 2.24) is 9.80 Å². The first-order valence-corrected chi connectivity index (χ1v) is 8.60. The van der Waals surface area contributed by atoms with Crippen LogP contribution in [0.4, 0.5) is 5.69 Å². The van der Waals surface area contributed by atoms with Crippen molar-refractivity contribution >= 4 is 17.3 Å². The third-order valence-electron chi connectivity index (χ3n) is 4.20. The minimum atomic E-state index is 0.250. The molecule has 0 atom stereocenters. The Morgan fingerprint density at radius 3 is 2.48 bits per heavy atom. The van der Waals surface area contributed by atoms with Crippen molar-refractivity contribution < 1.29 is 5.11 Å². The first kappa shape index (κ1) is 18.0. The van der Waals surface area contributed by atoms with Gasteiger partial charge in [-0.05, 0) is 37.6 Å². The van der Waals surface area contributed by atoms with Crippen molar-refractivity contribution in [2.45, 2.75) is 12.8 Å². The Kier molecular flexibility index (Phi) is 7.63. The normalized spacial score (nSPS) is 16.2. The van der Waals surface area contributed by atoms with Gasteiger partial charge in [-0.25, -0.2) is 0 Å². The predicted molar refractivity (Wildman–Crippen MR) is 93.9 cm³/mol. The second kappa shape index (κ2) is 9.74. The zero-order chi connectivity index (χ0) is 16.5. The molecule has 1 saturated heterocycles. The Balaban J connectivity index is 1.62. The molecule has 1 aliphatic heterocycles. The summed E-state index contributed by atoms with van der Waals surface area (Å²) in [6, 6.07) is 7.47. The summed E-state index contributed by atoms with van der Waals surface area (Å²) < 4.78 is 0. The van der Waals surface area contributed by atoms with Gasteiger partial charge in [0.05, 0.1) is 17.9 Å². The van der Waals surface area contributed by atoms with Gasteiger partial charge in [0, 0.05) is 44.3 Å². The molecule has 126 valence electrons. The molecule has 1 aromatic rings. The molecule has 2 N–H and O–H groups in total. The number of aliphatic hydroxyl groups excluding tert-OH is 1. The molecular formula is C17H25ClN4O. The molecule has 1 aliphatic rings. The van der Waals surface area contributed by atoms with E-state index in [4.69, 9.17) is 22.0 Å². The molecular weight excluding hydrogens is 312 g/mol. The number of unbranched alkanes of at least 4 members (excludes halogenated alkanes) is 1. The smallest absolute Gasteiger partial charge is 0.101 e. The summed E-state index contributed by atoms with van der Waals surface area (Å²) in [7, 11) is 0. The van der Waals surface area contributed by atoms with Crippen LogP contribution in [0.2, 0.25) is 5.02 Å². The standard InChI is InChI=1S/C17H25ClN4O/c18-16-4-3-15(14-19)17(13-16)20-5-1-2-6-21-7-9-22(10-8-21)11-12-23/h3-4,13,20,23H,1-2,5-12H2. The van der Waals surface area contributed by atoms with Crippen molar-refractivity contribution in [3.63, 3.8) is 0 Å². The van der Waals surface area contributed by atoms with Crippen LogP contribution in [0.5, 0.6) is 0 Å². The summed E-state index contributed by atoms with van der Waals surface area (Å²) in [4.78, 5) is 4.79. The molecule has 5 nitrogen and oxygen atoms in total. The summed E-state index contributed by atoms with van der Waals surface area (Å²) >= 11 is 5.97. The lowest BCUT2D eigenvalue weighted by molar-refractivity contribution is 0.112. The largest absolute Gasteiger partial charge is 0.395 e. The van der Waals surface area contributed by atoms with Crippen LogP contribution >= 0.6 is 11.6 Å². The van der Waals surface area contributed by atoms with Crippen molar-refractivity contribution in [1.29, 1.82) is 5.26 Å². The van der Waals surface area contributed by atoms with Gasteiger partial charge in [0.25, 0.3) is 0 Å².